The van der Waals surface area contributed by atoms with Gasteiger partial charge in [0.25, 0.3) is 0 Å². The van der Waals surface area contributed by atoms with Gasteiger partial charge in [0.2, 0.25) is 0 Å². The van der Waals surface area contributed by atoms with Crippen molar-refractivity contribution in [1.29, 1.82) is 0 Å². The van der Waals surface area contributed by atoms with Gasteiger partial charge in [-0.1, -0.05) is 6.07 Å². The van der Waals surface area contributed by atoms with E-state index in [0.717, 1.165) is 12.1 Å². The highest BCUT2D eigenvalue weighted by Gasteiger charge is 2.31. The maximum atomic E-state index is 12.4. The van der Waals surface area contributed by atoms with E-state index in [4.69, 9.17) is 5.73 Å². The van der Waals surface area contributed by atoms with Crippen molar-refractivity contribution in [2.75, 3.05) is 19.0 Å². The molecule has 0 bridgehead atoms. The van der Waals surface area contributed by atoms with Crippen LogP contribution in [0, 0.1) is 0 Å². The summed E-state index contributed by atoms with van der Waals surface area (Å²) in [5.74, 6) is 0. The second-order valence-corrected chi connectivity index (χ2v) is 3.44. The first-order chi connectivity index (χ1) is 6.86. The smallest absolute Gasteiger partial charge is 0.377 e. The molecule has 1 aromatic rings. The van der Waals surface area contributed by atoms with Crippen LogP contribution in [-0.2, 0) is 12.7 Å². The third-order valence-corrected chi connectivity index (χ3v) is 2.11. The molecule has 5 heteroatoms. The molecule has 0 fully saturated rings. The zero-order chi connectivity index (χ0) is 11.6. The summed E-state index contributed by atoms with van der Waals surface area (Å²) in [4.78, 5) is 1.62. The summed E-state index contributed by atoms with van der Waals surface area (Å²) >= 11 is 0. The number of halogens is 3. The van der Waals surface area contributed by atoms with Crippen LogP contribution in [0.3, 0.4) is 0 Å². The molecule has 84 valence electrons. The number of hydrogen-bond donors (Lipinski definition) is 1. The van der Waals surface area contributed by atoms with E-state index in [1.165, 1.54) is 6.07 Å². The molecule has 1 rings (SSSR count). The van der Waals surface area contributed by atoms with Crippen molar-refractivity contribution in [3.63, 3.8) is 0 Å². The summed E-state index contributed by atoms with van der Waals surface area (Å²) in [7, 11) is 3.38. The molecule has 0 aromatic heterocycles. The Labute approximate surface area is 86.5 Å². The average molecular weight is 218 g/mol. The highest BCUT2D eigenvalue weighted by molar-refractivity contribution is 5.55. The van der Waals surface area contributed by atoms with Gasteiger partial charge in [-0.3, -0.25) is 0 Å². The molecule has 0 aliphatic carbocycles. The molecule has 0 aliphatic heterocycles. The fraction of sp³-hybridized carbons (Fsp3) is 0.400. The third kappa shape index (κ3) is 2.62. The van der Waals surface area contributed by atoms with Crippen molar-refractivity contribution in [3.8, 4) is 0 Å². The van der Waals surface area contributed by atoms with Gasteiger partial charge in [0.15, 0.2) is 0 Å². The Hall–Kier alpha value is -1.23. The first kappa shape index (κ1) is 11.8. The quantitative estimate of drug-likeness (QED) is 0.824. The Kier molecular flexibility index (Phi) is 3.24. The number of benzene rings is 1. The van der Waals surface area contributed by atoms with Crippen molar-refractivity contribution < 1.29 is 13.2 Å². The van der Waals surface area contributed by atoms with Gasteiger partial charge in [0, 0.05) is 26.3 Å². The van der Waals surface area contributed by atoms with Gasteiger partial charge >= 0.3 is 6.18 Å². The van der Waals surface area contributed by atoms with E-state index >= 15 is 0 Å². The standard InChI is InChI=1S/C10H13F3N2/c1-15(2)9-5-8(10(11,12)13)4-3-7(9)6-14/h3-5H,6,14H2,1-2H3. The normalized spacial score (nSPS) is 11.6. The SMILES string of the molecule is CN(C)c1cc(C(F)(F)F)ccc1CN. The van der Waals surface area contributed by atoms with Crippen molar-refractivity contribution in [2.45, 2.75) is 12.7 Å². The third-order valence-electron chi connectivity index (χ3n) is 2.11. The lowest BCUT2D eigenvalue weighted by molar-refractivity contribution is -0.137. The van der Waals surface area contributed by atoms with Gasteiger partial charge in [0.1, 0.15) is 0 Å². The molecule has 0 spiro atoms. The van der Waals surface area contributed by atoms with Crippen LogP contribution >= 0.6 is 0 Å². The summed E-state index contributed by atoms with van der Waals surface area (Å²) in [6, 6.07) is 3.58. The van der Waals surface area contributed by atoms with E-state index in [-0.39, 0.29) is 6.54 Å². The maximum Gasteiger partial charge on any atom is 0.416 e. The first-order valence-corrected chi connectivity index (χ1v) is 4.43. The second-order valence-electron chi connectivity index (χ2n) is 3.44. The monoisotopic (exact) mass is 218 g/mol. The minimum Gasteiger partial charge on any atom is -0.377 e. The Morgan fingerprint density at radius 2 is 1.87 bits per heavy atom. The fourth-order valence-electron chi connectivity index (χ4n) is 1.33. The van der Waals surface area contributed by atoms with Gasteiger partial charge < -0.3 is 10.6 Å². The van der Waals surface area contributed by atoms with Crippen LogP contribution in [0.15, 0.2) is 18.2 Å². The molecule has 2 nitrogen and oxygen atoms in total. The molecule has 0 unspecified atom stereocenters. The van der Waals surface area contributed by atoms with Crippen molar-refractivity contribution in [3.05, 3.63) is 29.3 Å². The zero-order valence-corrected chi connectivity index (χ0v) is 8.60. The molecule has 2 N–H and O–H groups in total. The molecule has 0 heterocycles. The Morgan fingerprint density at radius 1 is 1.27 bits per heavy atom. The molecular weight excluding hydrogens is 205 g/mol. The molecule has 0 saturated heterocycles. The largest absolute Gasteiger partial charge is 0.416 e. The van der Waals surface area contributed by atoms with Gasteiger partial charge in [-0.25, -0.2) is 0 Å². The van der Waals surface area contributed by atoms with Crippen LogP contribution < -0.4 is 10.6 Å². The molecule has 0 amide bonds. The minimum absolute atomic E-state index is 0.228. The first-order valence-electron chi connectivity index (χ1n) is 4.43. The van der Waals surface area contributed by atoms with E-state index in [1.54, 1.807) is 19.0 Å². The van der Waals surface area contributed by atoms with Crippen LogP contribution in [-0.4, -0.2) is 14.1 Å². The van der Waals surface area contributed by atoms with Gasteiger partial charge in [-0.15, -0.1) is 0 Å². The highest BCUT2D eigenvalue weighted by atomic mass is 19.4. The van der Waals surface area contributed by atoms with E-state index < -0.39 is 11.7 Å². The summed E-state index contributed by atoms with van der Waals surface area (Å²) in [5.41, 5.74) is 6.00. The Morgan fingerprint density at radius 3 is 2.27 bits per heavy atom. The van der Waals surface area contributed by atoms with Gasteiger partial charge in [-0.05, 0) is 17.7 Å². The minimum atomic E-state index is -4.31. The number of nitrogens with two attached hydrogens (primary N) is 1. The highest BCUT2D eigenvalue weighted by Crippen LogP contribution is 2.32. The van der Waals surface area contributed by atoms with E-state index in [9.17, 15) is 13.2 Å². The number of nitrogens with zero attached hydrogens (tertiary/aromatic N) is 1. The van der Waals surface area contributed by atoms with Crippen LogP contribution in [0.5, 0.6) is 0 Å². The van der Waals surface area contributed by atoms with Crippen molar-refractivity contribution in [2.24, 2.45) is 5.73 Å². The van der Waals surface area contributed by atoms with Gasteiger partial charge in [-0.2, -0.15) is 13.2 Å². The number of anilines is 1. The summed E-state index contributed by atoms with van der Waals surface area (Å²) in [5, 5.41) is 0. The fourth-order valence-corrected chi connectivity index (χ4v) is 1.33. The van der Waals surface area contributed by atoms with Crippen molar-refractivity contribution >= 4 is 5.69 Å². The number of alkyl halides is 3. The second kappa shape index (κ2) is 4.10. The van der Waals surface area contributed by atoms with Crippen LogP contribution in [0.1, 0.15) is 11.1 Å². The van der Waals surface area contributed by atoms with E-state index in [2.05, 4.69) is 0 Å². The van der Waals surface area contributed by atoms with E-state index in [0.29, 0.717) is 11.3 Å². The Bertz CT molecular complexity index is 345. The molecule has 0 atom stereocenters. The van der Waals surface area contributed by atoms with Crippen LogP contribution in [0.2, 0.25) is 0 Å². The van der Waals surface area contributed by atoms with Crippen LogP contribution in [0.4, 0.5) is 18.9 Å². The summed E-state index contributed by atoms with van der Waals surface area (Å²) in [6.07, 6.45) is -4.31. The zero-order valence-electron chi connectivity index (χ0n) is 8.60. The predicted octanol–water partition coefficient (Wildman–Crippen LogP) is 2.23. The number of rotatable bonds is 2. The Balaban J connectivity index is 3.22. The lowest BCUT2D eigenvalue weighted by Crippen LogP contribution is -2.15. The summed E-state index contributed by atoms with van der Waals surface area (Å²) in [6.45, 7) is 0.228. The average Bonchev–Trinajstić information content (AvgIpc) is 2.15. The predicted molar refractivity (Wildman–Crippen MR) is 53.7 cm³/mol. The van der Waals surface area contributed by atoms with Gasteiger partial charge in [0.05, 0.1) is 5.56 Å². The number of hydrogen-bond acceptors (Lipinski definition) is 2. The topological polar surface area (TPSA) is 29.3 Å². The molecule has 0 aliphatic rings. The lowest BCUT2D eigenvalue weighted by atomic mass is 10.1. The van der Waals surface area contributed by atoms with Crippen LogP contribution in [0.25, 0.3) is 0 Å². The maximum absolute atomic E-state index is 12.4. The molecular formula is C10H13F3N2. The lowest BCUT2D eigenvalue weighted by Gasteiger charge is -2.18. The molecule has 0 radical (unpaired) electrons. The summed E-state index contributed by atoms with van der Waals surface area (Å²) < 4.78 is 37.3. The molecule has 0 saturated carbocycles. The molecule has 1 aromatic carbocycles. The molecule has 15 heavy (non-hydrogen) atoms. The van der Waals surface area contributed by atoms with Crippen molar-refractivity contribution in [1.82, 2.24) is 0 Å². The van der Waals surface area contributed by atoms with E-state index in [1.807, 2.05) is 0 Å².